The Hall–Kier alpha value is -2.16. The molecule has 108 heavy (non-hydrogen) atoms. The van der Waals surface area contributed by atoms with E-state index in [2.05, 4.69) is 180 Å². The number of hydrogen-bond donors (Lipinski definition) is 2. The summed E-state index contributed by atoms with van der Waals surface area (Å²) < 4.78 is 0. The number of aliphatic hydroxyl groups excluding tert-OH is 2. The van der Waals surface area contributed by atoms with E-state index in [4.69, 9.17) is 0 Å². The van der Waals surface area contributed by atoms with Crippen LogP contribution in [0.25, 0.3) is 0 Å². The zero-order valence-electron chi connectivity index (χ0n) is 77.0. The fourth-order valence-electron chi connectivity index (χ4n) is 13.2. The van der Waals surface area contributed by atoms with Crippen LogP contribution in [-0.2, 0) is 0 Å². The van der Waals surface area contributed by atoms with Crippen molar-refractivity contribution in [3.8, 4) is 0 Å². The van der Waals surface area contributed by atoms with Crippen LogP contribution < -0.4 is 0 Å². The van der Waals surface area contributed by atoms with Crippen LogP contribution in [0, 0.1) is 0 Å². The summed E-state index contributed by atoms with van der Waals surface area (Å²) in [4.78, 5) is 0. The monoisotopic (exact) mass is 1510 g/mol. The van der Waals surface area contributed by atoms with Crippen molar-refractivity contribution < 1.29 is 10.2 Å². The summed E-state index contributed by atoms with van der Waals surface area (Å²) in [5.41, 5.74) is 0. The van der Waals surface area contributed by atoms with Crippen LogP contribution in [0.1, 0.15) is 571 Å². The van der Waals surface area contributed by atoms with Crippen molar-refractivity contribution >= 4 is 0 Å². The van der Waals surface area contributed by atoms with E-state index in [9.17, 15) is 10.2 Å². The molecule has 0 aliphatic heterocycles. The summed E-state index contributed by atoms with van der Waals surface area (Å²) in [5.74, 6) is 0. The van der Waals surface area contributed by atoms with Crippen LogP contribution in [0.3, 0.4) is 0 Å². The Morgan fingerprint density at radius 1 is 0.148 bits per heavy atom. The summed E-state index contributed by atoms with van der Waals surface area (Å²) in [6.07, 6.45) is 138. The molecule has 0 aliphatic carbocycles. The molecule has 0 aromatic carbocycles. The molecular weight excluding hydrogens is 1310 g/mol. The van der Waals surface area contributed by atoms with Gasteiger partial charge in [0, 0.05) is 0 Å². The van der Waals surface area contributed by atoms with E-state index in [1.165, 1.54) is 437 Å². The maximum absolute atomic E-state index is 9.85. The van der Waals surface area contributed by atoms with E-state index in [0.717, 1.165) is 51.4 Å². The Morgan fingerprint density at radius 3 is 0.537 bits per heavy atom. The van der Waals surface area contributed by atoms with Gasteiger partial charge in [-0.3, -0.25) is 0 Å². The summed E-state index contributed by atoms with van der Waals surface area (Å²) in [6.45, 7) is 27.1. The van der Waals surface area contributed by atoms with Gasteiger partial charge >= 0.3 is 0 Å². The highest BCUT2D eigenvalue weighted by atomic mass is 16.3. The van der Waals surface area contributed by atoms with Gasteiger partial charge in [-0.15, -0.1) is 0 Å². The number of rotatable bonds is 80. The van der Waals surface area contributed by atoms with Crippen molar-refractivity contribution in [3.05, 3.63) is 97.2 Å². The first-order valence-electron chi connectivity index (χ1n) is 49.8. The van der Waals surface area contributed by atoms with Gasteiger partial charge in [0.1, 0.15) is 0 Å². The van der Waals surface area contributed by atoms with Crippen molar-refractivity contribution in [2.24, 2.45) is 0 Å². The first-order chi connectivity index (χ1) is 53.3. The topological polar surface area (TPSA) is 40.5 Å². The highest BCUT2D eigenvalue weighted by Crippen LogP contribution is 2.18. The lowest BCUT2D eigenvalue weighted by atomic mass is 10.0. The zero-order chi connectivity index (χ0) is 80.2. The average Bonchev–Trinajstić information content (AvgIpc) is 1.60. The molecule has 2 heteroatoms. The SMILES string of the molecule is CC/C=C\C/C=C\C/C=C\CCCCCCCC.CCCCC/C=C\C/C=C\CCCCCCCC.CCCCCC/C=C\CCCCCCCC.CCCCCCCC/C=C\CC(O)CCCCCC.CCCCCCCC/C=C\CCCCCCCC.CCCCCCCCCCCC(O)CCCCCC. The molecule has 0 aromatic rings. The minimum absolute atomic E-state index is 0.0265. The van der Waals surface area contributed by atoms with E-state index in [0.29, 0.717) is 0 Å². The van der Waals surface area contributed by atoms with Gasteiger partial charge in [0.05, 0.1) is 12.2 Å². The lowest BCUT2D eigenvalue weighted by molar-refractivity contribution is 0.147. The number of allylic oxidation sites excluding steroid dienone is 15. The van der Waals surface area contributed by atoms with Crippen LogP contribution in [0.2, 0.25) is 0 Å². The Kier molecular flexibility index (Phi) is 133. The van der Waals surface area contributed by atoms with Gasteiger partial charge < -0.3 is 10.2 Å². The second kappa shape index (κ2) is 123. The Morgan fingerprint density at radius 2 is 0.296 bits per heavy atom. The molecular formula is C106H208O2. The normalized spacial score (nSPS) is 12.2. The summed E-state index contributed by atoms with van der Waals surface area (Å²) in [5, 5.41) is 19.6. The predicted octanol–water partition coefficient (Wildman–Crippen LogP) is 39.0. The number of aliphatic hydroxyl groups is 2. The average molecular weight is 1510 g/mol. The quantitative estimate of drug-likeness (QED) is 0.0471. The zero-order valence-corrected chi connectivity index (χ0v) is 77.0. The summed E-state index contributed by atoms with van der Waals surface area (Å²) in [7, 11) is 0. The molecule has 0 amide bonds. The third-order valence-corrected chi connectivity index (χ3v) is 20.8. The summed E-state index contributed by atoms with van der Waals surface area (Å²) >= 11 is 0. The highest BCUT2D eigenvalue weighted by Gasteiger charge is 2.04. The Labute approximate surface area is 686 Å². The van der Waals surface area contributed by atoms with Gasteiger partial charge in [-0.1, -0.05) is 514 Å². The van der Waals surface area contributed by atoms with Crippen molar-refractivity contribution in [2.75, 3.05) is 0 Å². The molecule has 2 N–H and O–H groups in total. The van der Waals surface area contributed by atoms with E-state index >= 15 is 0 Å². The molecule has 0 aliphatic rings. The maximum Gasteiger partial charge on any atom is 0.0574 e. The second-order valence-corrected chi connectivity index (χ2v) is 32.4. The molecule has 2 nitrogen and oxygen atoms in total. The van der Waals surface area contributed by atoms with Crippen molar-refractivity contribution in [1.82, 2.24) is 0 Å². The molecule has 0 spiro atoms. The van der Waals surface area contributed by atoms with Gasteiger partial charge in [0.15, 0.2) is 0 Å². The minimum atomic E-state index is -0.113. The van der Waals surface area contributed by atoms with Crippen molar-refractivity contribution in [3.63, 3.8) is 0 Å². The molecule has 2 unspecified atom stereocenters. The van der Waals surface area contributed by atoms with Gasteiger partial charge in [0.25, 0.3) is 0 Å². The highest BCUT2D eigenvalue weighted by molar-refractivity contribution is 4.97. The number of hydrogen-bond acceptors (Lipinski definition) is 2. The Balaban J connectivity index is -0.000000289. The fourth-order valence-corrected chi connectivity index (χ4v) is 13.2. The van der Waals surface area contributed by atoms with E-state index in [1.807, 2.05) is 0 Å². The largest absolute Gasteiger partial charge is 0.393 e. The number of unbranched alkanes of at least 4 members (excludes halogenated alkanes) is 57. The molecule has 0 radical (unpaired) electrons. The lowest BCUT2D eigenvalue weighted by Gasteiger charge is -2.10. The summed E-state index contributed by atoms with van der Waals surface area (Å²) in [6, 6.07) is 0. The predicted molar refractivity (Wildman–Crippen MR) is 504 cm³/mol. The molecule has 644 valence electrons. The Bertz CT molecular complexity index is 1660. The van der Waals surface area contributed by atoms with Crippen LogP contribution in [0.4, 0.5) is 0 Å². The molecule has 0 aromatic heterocycles. The van der Waals surface area contributed by atoms with Crippen LogP contribution in [0.5, 0.6) is 0 Å². The van der Waals surface area contributed by atoms with Gasteiger partial charge in [-0.2, -0.15) is 0 Å². The minimum Gasteiger partial charge on any atom is -0.393 e. The molecule has 0 heterocycles. The molecule has 0 rings (SSSR count). The third-order valence-electron chi connectivity index (χ3n) is 20.8. The molecule has 2 atom stereocenters. The van der Waals surface area contributed by atoms with Gasteiger partial charge in [-0.05, 0) is 154 Å². The van der Waals surface area contributed by atoms with Gasteiger partial charge in [0.2, 0.25) is 0 Å². The first kappa shape index (κ1) is 117. The lowest BCUT2D eigenvalue weighted by Crippen LogP contribution is -2.05. The van der Waals surface area contributed by atoms with E-state index < -0.39 is 0 Å². The molecule has 0 bridgehead atoms. The van der Waals surface area contributed by atoms with E-state index in [1.54, 1.807) is 0 Å². The molecule has 0 saturated heterocycles. The van der Waals surface area contributed by atoms with Crippen LogP contribution in [-0.4, -0.2) is 22.4 Å². The van der Waals surface area contributed by atoms with Crippen molar-refractivity contribution in [1.29, 1.82) is 0 Å². The smallest absolute Gasteiger partial charge is 0.0574 e. The standard InChI is InChI=1S/C18H38O.C18H36O.C18H36.C18H34.C18H32.C16H32/c2*1-3-5-7-9-10-11-12-13-15-17-18(19)16-14-8-6-4-2;3*1-3-5-7-9-11-13-15-17-18-16-14-12-10-8-6-4-2;1-3-5-7-9-11-13-15-16-14-12-10-8-6-4-2/h18-19H,3-17H2,1-2H3;13,15,18-19H,3-12,14,16-17H2,1-2H3;17-18H,3-16H2,1-2H3;11,13,17-18H,3-10,12,14-16H2,1-2H3;5,7,11,13,17-18H,3-4,6,8-10,12,14-16H2,1-2H3;13,15H,3-12,14,16H2,1-2H3/b;15-13-;18-17-;13-11-,18-17-;7-5-,13-11-,18-17-;15-13-. The first-order valence-corrected chi connectivity index (χ1v) is 49.8. The second-order valence-electron chi connectivity index (χ2n) is 32.4. The maximum atomic E-state index is 9.85. The van der Waals surface area contributed by atoms with Gasteiger partial charge in [-0.25, -0.2) is 0 Å². The van der Waals surface area contributed by atoms with E-state index in [-0.39, 0.29) is 12.2 Å². The van der Waals surface area contributed by atoms with Crippen molar-refractivity contribution in [2.45, 2.75) is 583 Å². The van der Waals surface area contributed by atoms with Crippen LogP contribution >= 0.6 is 0 Å². The molecule has 0 fully saturated rings. The molecule has 0 saturated carbocycles. The fraction of sp³-hybridized carbons (Fsp3) is 0.849. The third kappa shape index (κ3) is 136. The van der Waals surface area contributed by atoms with Crippen LogP contribution in [0.15, 0.2) is 97.2 Å².